The minimum absolute atomic E-state index is 0.331. The summed E-state index contributed by atoms with van der Waals surface area (Å²) in [6.45, 7) is 5.11. The van der Waals surface area contributed by atoms with Gasteiger partial charge in [-0.1, -0.05) is 0 Å². The van der Waals surface area contributed by atoms with Gasteiger partial charge in [0.05, 0.1) is 6.10 Å². The van der Waals surface area contributed by atoms with Crippen molar-refractivity contribution in [1.82, 2.24) is 4.90 Å². The van der Waals surface area contributed by atoms with Crippen LogP contribution in [0, 0.1) is 0 Å². The Balaban J connectivity index is 2.30. The van der Waals surface area contributed by atoms with Crippen molar-refractivity contribution in [2.24, 2.45) is 5.73 Å². The van der Waals surface area contributed by atoms with Crippen LogP contribution in [0.25, 0.3) is 0 Å². The smallest absolute Gasteiger partial charge is 0.0670 e. The first-order valence-electron chi connectivity index (χ1n) is 4.74. The number of hydrogen-bond donors (Lipinski definition) is 1. The molecule has 0 spiro atoms. The number of methoxy groups -OCH3 is 1. The molecule has 1 unspecified atom stereocenters. The molecule has 1 fully saturated rings. The van der Waals surface area contributed by atoms with Crippen molar-refractivity contribution in [1.29, 1.82) is 0 Å². The lowest BCUT2D eigenvalue weighted by Gasteiger charge is -2.25. The third-order valence-corrected chi connectivity index (χ3v) is 2.67. The van der Waals surface area contributed by atoms with Gasteiger partial charge in [0.15, 0.2) is 0 Å². The fourth-order valence-electron chi connectivity index (χ4n) is 1.81. The standard InChI is InChI=1S/C9H20N2O/c1-8(12-2)7-11-5-3-4-9(11)6-10/h8-9H,3-7,10H2,1-2H3/t8?,9-/m0/s1. The van der Waals surface area contributed by atoms with Crippen LogP contribution in [0.2, 0.25) is 0 Å². The van der Waals surface area contributed by atoms with Gasteiger partial charge in [0.1, 0.15) is 0 Å². The predicted octanol–water partition coefficient (Wildman–Crippen LogP) is 0.444. The Labute approximate surface area is 74.9 Å². The first-order chi connectivity index (χ1) is 5.77. The molecule has 2 atom stereocenters. The van der Waals surface area contributed by atoms with Gasteiger partial charge in [-0.05, 0) is 26.3 Å². The second-order valence-electron chi connectivity index (χ2n) is 3.57. The molecule has 1 saturated heterocycles. The van der Waals surface area contributed by atoms with Crippen molar-refractivity contribution in [3.8, 4) is 0 Å². The van der Waals surface area contributed by atoms with E-state index in [1.807, 2.05) is 0 Å². The van der Waals surface area contributed by atoms with Gasteiger partial charge < -0.3 is 10.5 Å². The zero-order chi connectivity index (χ0) is 8.97. The molecule has 2 N–H and O–H groups in total. The van der Waals surface area contributed by atoms with Crippen molar-refractivity contribution in [3.63, 3.8) is 0 Å². The van der Waals surface area contributed by atoms with Gasteiger partial charge in [0.2, 0.25) is 0 Å². The zero-order valence-electron chi connectivity index (χ0n) is 8.12. The van der Waals surface area contributed by atoms with Crippen LogP contribution in [0.15, 0.2) is 0 Å². The third kappa shape index (κ3) is 2.44. The second-order valence-corrected chi connectivity index (χ2v) is 3.57. The molecule has 0 aliphatic carbocycles. The summed E-state index contributed by atoms with van der Waals surface area (Å²) in [6, 6.07) is 0.600. The highest BCUT2D eigenvalue weighted by molar-refractivity contribution is 4.80. The number of likely N-dealkylation sites (tertiary alicyclic amines) is 1. The van der Waals surface area contributed by atoms with Crippen LogP contribution < -0.4 is 5.73 Å². The summed E-state index contributed by atoms with van der Waals surface area (Å²) in [4.78, 5) is 2.44. The normalized spacial score (nSPS) is 27.8. The molecule has 0 amide bonds. The molecule has 0 saturated carbocycles. The molecule has 0 radical (unpaired) electrons. The Morgan fingerprint density at radius 2 is 2.42 bits per heavy atom. The van der Waals surface area contributed by atoms with Crippen molar-refractivity contribution < 1.29 is 4.74 Å². The Hall–Kier alpha value is -0.120. The number of nitrogens with zero attached hydrogens (tertiary/aromatic N) is 1. The van der Waals surface area contributed by atoms with Crippen molar-refractivity contribution in [2.75, 3.05) is 26.7 Å². The summed E-state index contributed by atoms with van der Waals surface area (Å²) in [6.07, 6.45) is 2.88. The van der Waals surface area contributed by atoms with E-state index in [1.165, 1.54) is 19.4 Å². The van der Waals surface area contributed by atoms with E-state index < -0.39 is 0 Å². The molecule has 3 heteroatoms. The summed E-state index contributed by atoms with van der Waals surface area (Å²) in [5.74, 6) is 0. The van der Waals surface area contributed by atoms with Gasteiger partial charge in [0, 0.05) is 26.2 Å². The Kier molecular flexibility index (Phi) is 3.98. The second kappa shape index (κ2) is 4.80. The topological polar surface area (TPSA) is 38.5 Å². The fraction of sp³-hybridized carbons (Fsp3) is 1.00. The largest absolute Gasteiger partial charge is 0.380 e. The van der Waals surface area contributed by atoms with Crippen molar-refractivity contribution in [3.05, 3.63) is 0 Å². The minimum Gasteiger partial charge on any atom is -0.380 e. The summed E-state index contributed by atoms with van der Waals surface area (Å²) in [7, 11) is 1.76. The zero-order valence-corrected chi connectivity index (χ0v) is 8.12. The van der Waals surface area contributed by atoms with Crippen LogP contribution in [0.3, 0.4) is 0 Å². The highest BCUT2D eigenvalue weighted by atomic mass is 16.5. The average Bonchev–Trinajstić information content (AvgIpc) is 2.51. The first-order valence-corrected chi connectivity index (χ1v) is 4.74. The van der Waals surface area contributed by atoms with Crippen LogP contribution in [-0.2, 0) is 4.74 Å². The molecular formula is C9H20N2O. The maximum Gasteiger partial charge on any atom is 0.0670 e. The monoisotopic (exact) mass is 172 g/mol. The molecule has 1 heterocycles. The molecule has 3 nitrogen and oxygen atoms in total. The molecule has 0 aromatic rings. The lowest BCUT2D eigenvalue weighted by molar-refractivity contribution is 0.0736. The van der Waals surface area contributed by atoms with Crippen LogP contribution in [0.1, 0.15) is 19.8 Å². The van der Waals surface area contributed by atoms with E-state index in [1.54, 1.807) is 7.11 Å². The van der Waals surface area contributed by atoms with Crippen LogP contribution >= 0.6 is 0 Å². The lowest BCUT2D eigenvalue weighted by atomic mass is 10.2. The van der Waals surface area contributed by atoms with Gasteiger partial charge >= 0.3 is 0 Å². The molecule has 0 bridgehead atoms. The highest BCUT2D eigenvalue weighted by Gasteiger charge is 2.23. The van der Waals surface area contributed by atoms with E-state index in [0.29, 0.717) is 12.1 Å². The Morgan fingerprint density at radius 3 is 3.00 bits per heavy atom. The number of nitrogens with two attached hydrogens (primary N) is 1. The third-order valence-electron chi connectivity index (χ3n) is 2.67. The molecule has 12 heavy (non-hydrogen) atoms. The highest BCUT2D eigenvalue weighted by Crippen LogP contribution is 2.16. The summed E-state index contributed by atoms with van der Waals surface area (Å²) in [5.41, 5.74) is 5.66. The van der Waals surface area contributed by atoms with Crippen molar-refractivity contribution in [2.45, 2.75) is 31.9 Å². The molecule has 1 rings (SSSR count). The van der Waals surface area contributed by atoms with E-state index in [4.69, 9.17) is 10.5 Å². The van der Waals surface area contributed by atoms with Gasteiger partial charge in [-0.15, -0.1) is 0 Å². The molecule has 0 aromatic carbocycles. The Bertz CT molecular complexity index is 130. The summed E-state index contributed by atoms with van der Waals surface area (Å²) >= 11 is 0. The van der Waals surface area contributed by atoms with E-state index in [0.717, 1.165) is 13.1 Å². The quantitative estimate of drug-likeness (QED) is 0.669. The van der Waals surface area contributed by atoms with E-state index in [9.17, 15) is 0 Å². The minimum atomic E-state index is 0.331. The van der Waals surface area contributed by atoms with Crippen molar-refractivity contribution >= 4 is 0 Å². The molecule has 0 aromatic heterocycles. The molecule has 1 aliphatic heterocycles. The lowest BCUT2D eigenvalue weighted by Crippen LogP contribution is -2.39. The fourth-order valence-corrected chi connectivity index (χ4v) is 1.81. The SMILES string of the molecule is COC(C)CN1CCC[C@H]1CN. The number of rotatable bonds is 4. The predicted molar refractivity (Wildman–Crippen MR) is 50.1 cm³/mol. The van der Waals surface area contributed by atoms with E-state index in [-0.39, 0.29) is 0 Å². The van der Waals surface area contributed by atoms with E-state index >= 15 is 0 Å². The number of ether oxygens (including phenoxy) is 1. The molecule has 1 aliphatic rings. The Morgan fingerprint density at radius 1 is 1.67 bits per heavy atom. The van der Waals surface area contributed by atoms with Crippen LogP contribution in [0.4, 0.5) is 0 Å². The van der Waals surface area contributed by atoms with Gasteiger partial charge in [-0.25, -0.2) is 0 Å². The van der Waals surface area contributed by atoms with Gasteiger partial charge in [-0.3, -0.25) is 4.90 Å². The first kappa shape index (κ1) is 9.96. The summed E-state index contributed by atoms with van der Waals surface area (Å²) in [5, 5.41) is 0. The maximum atomic E-state index is 5.66. The van der Waals surface area contributed by atoms with Crippen LogP contribution in [-0.4, -0.2) is 43.8 Å². The molecule has 72 valence electrons. The maximum absolute atomic E-state index is 5.66. The summed E-state index contributed by atoms with van der Waals surface area (Å²) < 4.78 is 5.22. The number of hydrogen-bond acceptors (Lipinski definition) is 3. The van der Waals surface area contributed by atoms with Gasteiger partial charge in [-0.2, -0.15) is 0 Å². The average molecular weight is 172 g/mol. The van der Waals surface area contributed by atoms with E-state index in [2.05, 4.69) is 11.8 Å². The molecular weight excluding hydrogens is 152 g/mol. The van der Waals surface area contributed by atoms with Gasteiger partial charge in [0.25, 0.3) is 0 Å². The van der Waals surface area contributed by atoms with Crippen LogP contribution in [0.5, 0.6) is 0 Å².